The van der Waals surface area contributed by atoms with Gasteiger partial charge in [-0.1, -0.05) is 13.0 Å². The van der Waals surface area contributed by atoms with Crippen LogP contribution >= 0.6 is 27.3 Å². The van der Waals surface area contributed by atoms with Crippen molar-refractivity contribution in [1.29, 1.82) is 0 Å². The third kappa shape index (κ3) is 3.19. The Morgan fingerprint density at radius 2 is 2.28 bits per heavy atom. The smallest absolute Gasteiger partial charge is 0.0697 e. The average molecular weight is 325 g/mol. The minimum atomic E-state index is 0.228. The number of halogens is 1. The third-order valence-corrected chi connectivity index (χ3v) is 4.67. The van der Waals surface area contributed by atoms with Gasteiger partial charge in [-0.05, 0) is 58.4 Å². The molecule has 0 saturated carbocycles. The SMILES string of the molecule is CCCNC(c1cncc(C)c1)c1sccc1Br. The van der Waals surface area contributed by atoms with Crippen LogP contribution in [0.4, 0.5) is 0 Å². The first-order valence-corrected chi connectivity index (χ1v) is 7.77. The maximum atomic E-state index is 4.30. The molecule has 0 aliphatic heterocycles. The molecule has 96 valence electrons. The van der Waals surface area contributed by atoms with Crippen LogP contribution in [-0.2, 0) is 0 Å². The third-order valence-electron chi connectivity index (χ3n) is 2.73. The first-order valence-electron chi connectivity index (χ1n) is 6.10. The number of thiophene rings is 1. The van der Waals surface area contributed by atoms with Crippen molar-refractivity contribution in [2.45, 2.75) is 26.3 Å². The fraction of sp³-hybridized carbons (Fsp3) is 0.357. The first kappa shape index (κ1) is 13.7. The van der Waals surface area contributed by atoms with Gasteiger partial charge in [0.2, 0.25) is 0 Å². The molecule has 2 nitrogen and oxygen atoms in total. The number of hydrogen-bond acceptors (Lipinski definition) is 3. The summed E-state index contributed by atoms with van der Waals surface area (Å²) in [5.74, 6) is 0. The van der Waals surface area contributed by atoms with Gasteiger partial charge in [-0.15, -0.1) is 11.3 Å². The van der Waals surface area contributed by atoms with Crippen molar-refractivity contribution >= 4 is 27.3 Å². The Morgan fingerprint density at radius 3 is 2.89 bits per heavy atom. The monoisotopic (exact) mass is 324 g/mol. The molecular formula is C14H17BrN2S. The van der Waals surface area contributed by atoms with E-state index < -0.39 is 0 Å². The highest BCUT2D eigenvalue weighted by Gasteiger charge is 2.17. The van der Waals surface area contributed by atoms with Crippen LogP contribution in [0.25, 0.3) is 0 Å². The molecule has 0 bridgehead atoms. The van der Waals surface area contributed by atoms with Gasteiger partial charge in [0.05, 0.1) is 6.04 Å². The average Bonchev–Trinajstić information content (AvgIpc) is 2.77. The number of aromatic nitrogens is 1. The van der Waals surface area contributed by atoms with E-state index in [0.29, 0.717) is 0 Å². The zero-order chi connectivity index (χ0) is 13.0. The summed E-state index contributed by atoms with van der Waals surface area (Å²) >= 11 is 5.40. The Morgan fingerprint density at radius 1 is 1.44 bits per heavy atom. The Balaban J connectivity index is 2.33. The molecule has 1 atom stereocenters. The van der Waals surface area contributed by atoms with E-state index in [1.807, 2.05) is 12.4 Å². The number of hydrogen-bond donors (Lipinski definition) is 1. The lowest BCUT2D eigenvalue weighted by Gasteiger charge is -2.18. The van der Waals surface area contributed by atoms with Crippen molar-refractivity contribution in [3.8, 4) is 0 Å². The van der Waals surface area contributed by atoms with E-state index in [0.717, 1.165) is 13.0 Å². The quantitative estimate of drug-likeness (QED) is 0.886. The molecule has 18 heavy (non-hydrogen) atoms. The predicted octanol–water partition coefficient (Wildman–Crippen LogP) is 4.30. The van der Waals surface area contributed by atoms with Crippen LogP contribution in [0.5, 0.6) is 0 Å². The molecule has 2 rings (SSSR count). The standard InChI is InChI=1S/C14H17BrN2S/c1-3-5-17-13(14-12(15)4-6-18-14)11-7-10(2)8-16-9-11/h4,6-9,13,17H,3,5H2,1-2H3. The first-order chi connectivity index (χ1) is 8.72. The van der Waals surface area contributed by atoms with E-state index in [1.54, 1.807) is 11.3 Å². The number of pyridine rings is 1. The van der Waals surface area contributed by atoms with E-state index in [2.05, 4.69) is 57.6 Å². The number of aryl methyl sites for hydroxylation is 1. The second-order valence-corrected chi connectivity index (χ2v) is 6.12. The summed E-state index contributed by atoms with van der Waals surface area (Å²) < 4.78 is 1.17. The van der Waals surface area contributed by atoms with E-state index in [4.69, 9.17) is 0 Å². The highest BCUT2D eigenvalue weighted by atomic mass is 79.9. The van der Waals surface area contributed by atoms with Crippen molar-refractivity contribution in [1.82, 2.24) is 10.3 Å². The molecule has 2 heterocycles. The molecule has 0 aliphatic rings. The molecule has 0 aromatic carbocycles. The molecule has 0 radical (unpaired) electrons. The zero-order valence-corrected chi connectivity index (χ0v) is 13.0. The molecule has 1 N–H and O–H groups in total. The molecular weight excluding hydrogens is 308 g/mol. The Kier molecular flexibility index (Phi) is 4.92. The summed E-state index contributed by atoms with van der Waals surface area (Å²) in [5, 5.41) is 5.71. The maximum absolute atomic E-state index is 4.30. The summed E-state index contributed by atoms with van der Waals surface area (Å²) in [6.07, 6.45) is 4.97. The number of rotatable bonds is 5. The van der Waals surface area contributed by atoms with Crippen LogP contribution in [0.1, 0.15) is 35.4 Å². The van der Waals surface area contributed by atoms with Crippen LogP contribution in [0, 0.1) is 6.92 Å². The lowest BCUT2D eigenvalue weighted by atomic mass is 10.1. The maximum Gasteiger partial charge on any atom is 0.0697 e. The van der Waals surface area contributed by atoms with Crippen LogP contribution in [0.15, 0.2) is 34.4 Å². The van der Waals surface area contributed by atoms with Crippen LogP contribution in [-0.4, -0.2) is 11.5 Å². The summed E-state index contributed by atoms with van der Waals surface area (Å²) in [6.45, 7) is 5.27. The molecule has 2 aromatic rings. The van der Waals surface area contributed by atoms with E-state index in [1.165, 1.54) is 20.5 Å². The Bertz CT molecular complexity index is 510. The summed E-state index contributed by atoms with van der Waals surface area (Å²) in [4.78, 5) is 5.62. The fourth-order valence-corrected chi connectivity index (χ4v) is 3.60. The lowest BCUT2D eigenvalue weighted by molar-refractivity contribution is 0.602. The molecule has 2 aromatic heterocycles. The van der Waals surface area contributed by atoms with E-state index in [-0.39, 0.29) is 6.04 Å². The summed E-state index contributed by atoms with van der Waals surface area (Å²) in [7, 11) is 0. The van der Waals surface area contributed by atoms with Crippen molar-refractivity contribution in [2.24, 2.45) is 0 Å². The fourth-order valence-electron chi connectivity index (χ4n) is 1.90. The molecule has 0 amide bonds. The number of nitrogens with zero attached hydrogens (tertiary/aromatic N) is 1. The minimum Gasteiger partial charge on any atom is -0.306 e. The van der Waals surface area contributed by atoms with Crippen molar-refractivity contribution in [3.63, 3.8) is 0 Å². The van der Waals surface area contributed by atoms with Crippen molar-refractivity contribution in [2.75, 3.05) is 6.54 Å². The predicted molar refractivity (Wildman–Crippen MR) is 81.1 cm³/mol. The Hall–Kier alpha value is -0.710. The largest absolute Gasteiger partial charge is 0.306 e. The zero-order valence-electron chi connectivity index (χ0n) is 10.6. The highest BCUT2D eigenvalue weighted by Crippen LogP contribution is 2.33. The molecule has 0 aliphatic carbocycles. The van der Waals surface area contributed by atoms with Crippen LogP contribution < -0.4 is 5.32 Å². The van der Waals surface area contributed by atoms with Gasteiger partial charge in [-0.25, -0.2) is 0 Å². The van der Waals surface area contributed by atoms with Gasteiger partial charge >= 0.3 is 0 Å². The van der Waals surface area contributed by atoms with Gasteiger partial charge in [0.25, 0.3) is 0 Å². The highest BCUT2D eigenvalue weighted by molar-refractivity contribution is 9.10. The second kappa shape index (κ2) is 6.45. The van der Waals surface area contributed by atoms with Gasteiger partial charge in [0.15, 0.2) is 0 Å². The van der Waals surface area contributed by atoms with Gasteiger partial charge in [-0.2, -0.15) is 0 Å². The summed E-state index contributed by atoms with van der Waals surface area (Å²) in [5.41, 5.74) is 2.43. The van der Waals surface area contributed by atoms with Crippen LogP contribution in [0.2, 0.25) is 0 Å². The minimum absolute atomic E-state index is 0.228. The molecule has 4 heteroatoms. The summed E-state index contributed by atoms with van der Waals surface area (Å²) in [6, 6.07) is 4.53. The number of nitrogens with one attached hydrogen (secondary N) is 1. The molecule has 0 spiro atoms. The second-order valence-electron chi connectivity index (χ2n) is 4.32. The molecule has 0 fully saturated rings. The van der Waals surface area contributed by atoms with Gasteiger partial charge in [0.1, 0.15) is 0 Å². The molecule has 0 saturated heterocycles. The topological polar surface area (TPSA) is 24.9 Å². The van der Waals surface area contributed by atoms with Crippen LogP contribution in [0.3, 0.4) is 0 Å². The van der Waals surface area contributed by atoms with Crippen molar-refractivity contribution < 1.29 is 0 Å². The van der Waals surface area contributed by atoms with E-state index >= 15 is 0 Å². The van der Waals surface area contributed by atoms with Crippen molar-refractivity contribution in [3.05, 3.63) is 50.4 Å². The van der Waals surface area contributed by atoms with Gasteiger partial charge < -0.3 is 5.32 Å². The van der Waals surface area contributed by atoms with Gasteiger partial charge in [0, 0.05) is 21.7 Å². The Labute approximate surface area is 121 Å². The van der Waals surface area contributed by atoms with E-state index in [9.17, 15) is 0 Å². The van der Waals surface area contributed by atoms with Gasteiger partial charge in [-0.3, -0.25) is 4.98 Å². The molecule has 1 unspecified atom stereocenters. The lowest BCUT2D eigenvalue weighted by Crippen LogP contribution is -2.22. The normalized spacial score (nSPS) is 12.6.